The van der Waals surface area contributed by atoms with Crippen LogP contribution in [0.25, 0.3) is 22.0 Å². The molecule has 0 aliphatic rings. The van der Waals surface area contributed by atoms with Gasteiger partial charge in [-0.2, -0.15) is 0 Å². The van der Waals surface area contributed by atoms with Gasteiger partial charge in [0.05, 0.1) is 12.3 Å². The summed E-state index contributed by atoms with van der Waals surface area (Å²) in [4.78, 5) is 4.74. The minimum atomic E-state index is 0.625. The highest BCUT2D eigenvalue weighted by Crippen LogP contribution is 2.33. The van der Waals surface area contributed by atoms with Crippen molar-refractivity contribution in [2.75, 3.05) is 6.61 Å². The maximum absolute atomic E-state index is 5.70. The van der Waals surface area contributed by atoms with Crippen LogP contribution in [0, 0.1) is 6.92 Å². The number of benzene rings is 2. The predicted octanol–water partition coefficient (Wildman–Crippen LogP) is 4.61. The number of hydrogen-bond donors (Lipinski definition) is 0. The van der Waals surface area contributed by atoms with Crippen LogP contribution in [0.5, 0.6) is 5.88 Å². The van der Waals surface area contributed by atoms with E-state index in [1.54, 1.807) is 0 Å². The van der Waals surface area contributed by atoms with Gasteiger partial charge in [0.2, 0.25) is 5.88 Å². The van der Waals surface area contributed by atoms with Crippen LogP contribution in [-0.4, -0.2) is 11.6 Å². The molecule has 0 bridgehead atoms. The van der Waals surface area contributed by atoms with Crippen molar-refractivity contribution in [2.24, 2.45) is 0 Å². The molecule has 2 heteroatoms. The van der Waals surface area contributed by atoms with Gasteiger partial charge in [-0.25, -0.2) is 4.98 Å². The molecule has 0 unspecified atom stereocenters. The first kappa shape index (κ1) is 12.7. The number of fused-ring (bicyclic) bond motifs is 1. The topological polar surface area (TPSA) is 22.1 Å². The number of nitrogens with zero attached hydrogens (tertiary/aromatic N) is 1. The van der Waals surface area contributed by atoms with E-state index < -0.39 is 0 Å². The van der Waals surface area contributed by atoms with E-state index in [0.29, 0.717) is 6.61 Å². The average molecular weight is 263 g/mol. The fourth-order valence-electron chi connectivity index (χ4n) is 2.47. The molecule has 1 heterocycles. The van der Waals surface area contributed by atoms with Crippen LogP contribution in [0.2, 0.25) is 0 Å². The molecule has 20 heavy (non-hydrogen) atoms. The SMILES string of the molecule is CCOc1nc(-c2ccccc2)c2ccccc2c1C. The van der Waals surface area contributed by atoms with Gasteiger partial charge in [0.25, 0.3) is 0 Å². The molecule has 0 radical (unpaired) electrons. The number of hydrogen-bond acceptors (Lipinski definition) is 2. The third-order valence-corrected chi connectivity index (χ3v) is 3.45. The van der Waals surface area contributed by atoms with Gasteiger partial charge in [0, 0.05) is 16.5 Å². The summed E-state index contributed by atoms with van der Waals surface area (Å²) in [6, 6.07) is 18.6. The normalized spacial score (nSPS) is 10.7. The van der Waals surface area contributed by atoms with E-state index in [1.165, 1.54) is 10.8 Å². The first-order valence-corrected chi connectivity index (χ1v) is 6.89. The average Bonchev–Trinajstić information content (AvgIpc) is 2.51. The summed E-state index contributed by atoms with van der Waals surface area (Å²) < 4.78 is 5.70. The molecule has 0 aliphatic carbocycles. The summed E-state index contributed by atoms with van der Waals surface area (Å²) in [5, 5.41) is 2.37. The summed E-state index contributed by atoms with van der Waals surface area (Å²) in [6.45, 7) is 4.67. The fraction of sp³-hybridized carbons (Fsp3) is 0.167. The lowest BCUT2D eigenvalue weighted by molar-refractivity contribution is 0.325. The minimum Gasteiger partial charge on any atom is -0.478 e. The largest absolute Gasteiger partial charge is 0.478 e. The van der Waals surface area contributed by atoms with E-state index in [4.69, 9.17) is 9.72 Å². The smallest absolute Gasteiger partial charge is 0.217 e. The number of rotatable bonds is 3. The Hall–Kier alpha value is -2.35. The fourth-order valence-corrected chi connectivity index (χ4v) is 2.47. The van der Waals surface area contributed by atoms with Crippen LogP contribution in [0.15, 0.2) is 54.6 Å². The summed E-state index contributed by atoms with van der Waals surface area (Å²) in [5.41, 5.74) is 3.20. The van der Waals surface area contributed by atoms with Crippen molar-refractivity contribution in [3.05, 3.63) is 60.2 Å². The van der Waals surface area contributed by atoms with Gasteiger partial charge in [-0.05, 0) is 19.2 Å². The zero-order valence-electron chi connectivity index (χ0n) is 11.8. The van der Waals surface area contributed by atoms with E-state index in [2.05, 4.69) is 43.3 Å². The van der Waals surface area contributed by atoms with E-state index >= 15 is 0 Å². The van der Waals surface area contributed by atoms with Crippen molar-refractivity contribution in [1.29, 1.82) is 0 Å². The monoisotopic (exact) mass is 263 g/mol. The lowest BCUT2D eigenvalue weighted by atomic mass is 10.0. The van der Waals surface area contributed by atoms with Crippen LogP contribution in [0.1, 0.15) is 12.5 Å². The summed E-state index contributed by atoms with van der Waals surface area (Å²) in [5.74, 6) is 0.727. The second-order valence-corrected chi connectivity index (χ2v) is 4.74. The Balaban J connectivity index is 2.33. The molecular weight excluding hydrogens is 246 g/mol. The van der Waals surface area contributed by atoms with Crippen molar-refractivity contribution >= 4 is 10.8 Å². The highest BCUT2D eigenvalue weighted by atomic mass is 16.5. The van der Waals surface area contributed by atoms with Gasteiger partial charge in [0.15, 0.2) is 0 Å². The molecule has 0 saturated carbocycles. The molecule has 0 amide bonds. The molecule has 1 aromatic heterocycles. The number of aryl methyl sites for hydroxylation is 1. The first-order chi connectivity index (χ1) is 9.81. The Morgan fingerprint density at radius 3 is 2.25 bits per heavy atom. The Morgan fingerprint density at radius 2 is 1.55 bits per heavy atom. The standard InChI is InChI=1S/C18H17NO/c1-3-20-18-13(2)15-11-7-8-12-16(15)17(19-18)14-9-5-4-6-10-14/h4-12H,3H2,1-2H3. The number of ether oxygens (including phenoxy) is 1. The van der Waals surface area contributed by atoms with Crippen LogP contribution in [0.3, 0.4) is 0 Å². The van der Waals surface area contributed by atoms with Crippen molar-refractivity contribution < 1.29 is 4.74 Å². The second kappa shape index (κ2) is 5.33. The molecule has 0 aliphatic heterocycles. The Morgan fingerprint density at radius 1 is 0.900 bits per heavy atom. The molecule has 0 N–H and O–H groups in total. The van der Waals surface area contributed by atoms with E-state index in [9.17, 15) is 0 Å². The third-order valence-electron chi connectivity index (χ3n) is 3.45. The van der Waals surface area contributed by atoms with Crippen molar-refractivity contribution in [3.63, 3.8) is 0 Å². The molecule has 0 saturated heterocycles. The summed E-state index contributed by atoms with van der Waals surface area (Å²) >= 11 is 0. The highest BCUT2D eigenvalue weighted by Gasteiger charge is 2.12. The minimum absolute atomic E-state index is 0.625. The van der Waals surface area contributed by atoms with Gasteiger partial charge >= 0.3 is 0 Å². The van der Waals surface area contributed by atoms with Crippen molar-refractivity contribution in [2.45, 2.75) is 13.8 Å². The van der Waals surface area contributed by atoms with Gasteiger partial charge in [-0.3, -0.25) is 0 Å². The van der Waals surface area contributed by atoms with E-state index in [0.717, 1.165) is 22.7 Å². The van der Waals surface area contributed by atoms with Crippen LogP contribution in [0.4, 0.5) is 0 Å². The zero-order valence-corrected chi connectivity index (χ0v) is 11.8. The molecular formula is C18H17NO. The molecule has 0 spiro atoms. The molecule has 2 aromatic carbocycles. The highest BCUT2D eigenvalue weighted by molar-refractivity contribution is 5.97. The first-order valence-electron chi connectivity index (χ1n) is 6.89. The quantitative estimate of drug-likeness (QED) is 0.688. The van der Waals surface area contributed by atoms with Crippen molar-refractivity contribution in [3.8, 4) is 17.1 Å². The molecule has 0 atom stereocenters. The van der Waals surface area contributed by atoms with Crippen LogP contribution < -0.4 is 4.74 Å². The maximum atomic E-state index is 5.70. The Kier molecular flexibility index (Phi) is 3.38. The van der Waals surface area contributed by atoms with Gasteiger partial charge in [-0.1, -0.05) is 54.6 Å². The van der Waals surface area contributed by atoms with E-state index in [1.807, 2.05) is 25.1 Å². The van der Waals surface area contributed by atoms with Gasteiger partial charge in [0.1, 0.15) is 0 Å². The number of pyridine rings is 1. The van der Waals surface area contributed by atoms with Crippen molar-refractivity contribution in [1.82, 2.24) is 4.98 Å². The van der Waals surface area contributed by atoms with E-state index in [-0.39, 0.29) is 0 Å². The zero-order chi connectivity index (χ0) is 13.9. The number of aromatic nitrogens is 1. The lowest BCUT2D eigenvalue weighted by Crippen LogP contribution is -1.99. The molecule has 2 nitrogen and oxygen atoms in total. The van der Waals surface area contributed by atoms with Crippen LogP contribution in [-0.2, 0) is 0 Å². The Bertz CT molecular complexity index is 735. The molecule has 3 aromatic rings. The molecule has 3 rings (SSSR count). The molecule has 100 valence electrons. The predicted molar refractivity (Wildman–Crippen MR) is 83.1 cm³/mol. The van der Waals surface area contributed by atoms with Crippen LogP contribution >= 0.6 is 0 Å². The lowest BCUT2D eigenvalue weighted by Gasteiger charge is -2.13. The Labute approximate surface area is 119 Å². The third kappa shape index (κ3) is 2.14. The van der Waals surface area contributed by atoms with Gasteiger partial charge in [-0.15, -0.1) is 0 Å². The molecule has 0 fully saturated rings. The maximum Gasteiger partial charge on any atom is 0.217 e. The van der Waals surface area contributed by atoms with Gasteiger partial charge < -0.3 is 4.74 Å². The second-order valence-electron chi connectivity index (χ2n) is 4.74. The summed E-state index contributed by atoms with van der Waals surface area (Å²) in [6.07, 6.45) is 0. The summed E-state index contributed by atoms with van der Waals surface area (Å²) in [7, 11) is 0.